The molecule has 3 amide bonds. The van der Waals surface area contributed by atoms with Gasteiger partial charge >= 0.3 is 6.03 Å². The van der Waals surface area contributed by atoms with Crippen molar-refractivity contribution in [3.63, 3.8) is 0 Å². The maximum atomic E-state index is 12.7. The Bertz CT molecular complexity index is 982. The summed E-state index contributed by atoms with van der Waals surface area (Å²) in [7, 11) is 0. The van der Waals surface area contributed by atoms with E-state index in [-0.39, 0.29) is 11.9 Å². The Hall–Kier alpha value is -3.34. The number of nitrogens with one attached hydrogen (secondary N) is 1. The van der Waals surface area contributed by atoms with Gasteiger partial charge in [0.05, 0.1) is 24.7 Å². The van der Waals surface area contributed by atoms with Crippen molar-refractivity contribution >= 4 is 17.6 Å². The van der Waals surface area contributed by atoms with Gasteiger partial charge in [-0.15, -0.1) is 0 Å². The fourth-order valence-corrected chi connectivity index (χ4v) is 3.94. The molecule has 3 rings (SSSR count). The molecule has 8 nitrogen and oxygen atoms in total. The van der Waals surface area contributed by atoms with Crippen LogP contribution in [0.15, 0.2) is 24.3 Å². The van der Waals surface area contributed by atoms with Crippen LogP contribution in [0, 0.1) is 32.1 Å². The summed E-state index contributed by atoms with van der Waals surface area (Å²) in [5.41, 5.74) is 4.90. The SMILES string of the molecule is Cc1cccc(NC(=O)N2CCN(C(=O)CCc3c(C)nn(CCC#N)c3C)CC2)c1. The van der Waals surface area contributed by atoms with E-state index in [0.717, 1.165) is 28.2 Å². The monoisotopic (exact) mass is 422 g/mol. The Labute approximate surface area is 183 Å². The summed E-state index contributed by atoms with van der Waals surface area (Å²) in [5, 5.41) is 16.2. The second-order valence-corrected chi connectivity index (χ2v) is 7.95. The van der Waals surface area contributed by atoms with Gasteiger partial charge in [-0.3, -0.25) is 9.48 Å². The van der Waals surface area contributed by atoms with Crippen LogP contribution in [0.3, 0.4) is 0 Å². The first-order valence-corrected chi connectivity index (χ1v) is 10.7. The number of rotatable bonds is 6. The van der Waals surface area contributed by atoms with E-state index < -0.39 is 0 Å². The summed E-state index contributed by atoms with van der Waals surface area (Å²) in [6.45, 7) is 8.62. The molecule has 1 aromatic heterocycles. The molecule has 1 fully saturated rings. The van der Waals surface area contributed by atoms with E-state index in [2.05, 4.69) is 16.5 Å². The second-order valence-electron chi connectivity index (χ2n) is 7.95. The van der Waals surface area contributed by atoms with Crippen LogP contribution in [0.25, 0.3) is 0 Å². The largest absolute Gasteiger partial charge is 0.339 e. The van der Waals surface area contributed by atoms with Crippen LogP contribution in [0.1, 0.15) is 35.4 Å². The maximum absolute atomic E-state index is 12.7. The van der Waals surface area contributed by atoms with Crippen molar-refractivity contribution in [2.75, 3.05) is 31.5 Å². The van der Waals surface area contributed by atoms with Gasteiger partial charge in [-0.05, 0) is 50.5 Å². The van der Waals surface area contributed by atoms with Crippen molar-refractivity contribution in [2.24, 2.45) is 0 Å². The number of nitriles is 1. The van der Waals surface area contributed by atoms with E-state index in [1.165, 1.54) is 0 Å². The molecule has 0 atom stereocenters. The predicted molar refractivity (Wildman–Crippen MR) is 119 cm³/mol. The normalized spacial score (nSPS) is 13.7. The number of nitrogens with zero attached hydrogens (tertiary/aromatic N) is 5. The van der Waals surface area contributed by atoms with Gasteiger partial charge in [0, 0.05) is 44.0 Å². The molecule has 8 heteroatoms. The maximum Gasteiger partial charge on any atom is 0.321 e. The van der Waals surface area contributed by atoms with E-state index in [4.69, 9.17) is 5.26 Å². The van der Waals surface area contributed by atoms with Crippen molar-refractivity contribution in [3.05, 3.63) is 46.8 Å². The minimum Gasteiger partial charge on any atom is -0.339 e. The Morgan fingerprint density at radius 3 is 2.52 bits per heavy atom. The quantitative estimate of drug-likeness (QED) is 0.774. The van der Waals surface area contributed by atoms with E-state index in [0.29, 0.717) is 52.0 Å². The molecule has 0 unspecified atom stereocenters. The van der Waals surface area contributed by atoms with E-state index >= 15 is 0 Å². The molecule has 0 saturated carbocycles. The highest BCUT2D eigenvalue weighted by Gasteiger charge is 2.24. The first kappa shape index (κ1) is 22.3. The molecule has 1 N–H and O–H groups in total. The highest BCUT2D eigenvalue weighted by molar-refractivity contribution is 5.89. The number of amides is 3. The number of aromatic nitrogens is 2. The van der Waals surface area contributed by atoms with E-state index in [1.54, 1.807) is 4.90 Å². The third kappa shape index (κ3) is 5.63. The topological polar surface area (TPSA) is 94.3 Å². The summed E-state index contributed by atoms with van der Waals surface area (Å²) < 4.78 is 1.85. The number of anilines is 1. The summed E-state index contributed by atoms with van der Waals surface area (Å²) in [6, 6.07) is 9.72. The molecule has 0 radical (unpaired) electrons. The van der Waals surface area contributed by atoms with Crippen molar-refractivity contribution in [1.29, 1.82) is 5.26 Å². The number of hydrogen-bond acceptors (Lipinski definition) is 4. The molecular weight excluding hydrogens is 392 g/mol. The average Bonchev–Trinajstić information content (AvgIpc) is 3.03. The number of benzene rings is 1. The highest BCUT2D eigenvalue weighted by atomic mass is 16.2. The van der Waals surface area contributed by atoms with Crippen LogP contribution in [-0.2, 0) is 17.8 Å². The first-order chi connectivity index (χ1) is 14.9. The molecule has 1 aliphatic rings. The fourth-order valence-electron chi connectivity index (χ4n) is 3.94. The first-order valence-electron chi connectivity index (χ1n) is 10.7. The van der Waals surface area contributed by atoms with Crippen LogP contribution in [0.4, 0.5) is 10.5 Å². The summed E-state index contributed by atoms with van der Waals surface area (Å²) in [5.74, 6) is 0.0994. The van der Waals surface area contributed by atoms with E-state index in [1.807, 2.05) is 54.6 Å². The van der Waals surface area contributed by atoms with Gasteiger partial charge < -0.3 is 15.1 Å². The zero-order valence-corrected chi connectivity index (χ0v) is 18.5. The van der Waals surface area contributed by atoms with Crippen LogP contribution in [0.2, 0.25) is 0 Å². The van der Waals surface area contributed by atoms with Crippen LogP contribution in [0.5, 0.6) is 0 Å². The van der Waals surface area contributed by atoms with Gasteiger partial charge in [-0.1, -0.05) is 12.1 Å². The van der Waals surface area contributed by atoms with Crippen molar-refractivity contribution in [3.8, 4) is 6.07 Å². The molecule has 1 aliphatic heterocycles. The second kappa shape index (κ2) is 10.1. The molecule has 2 aromatic rings. The molecule has 1 aromatic carbocycles. The van der Waals surface area contributed by atoms with Crippen molar-refractivity contribution < 1.29 is 9.59 Å². The molecule has 0 bridgehead atoms. The minimum absolute atomic E-state index is 0.0994. The molecule has 31 heavy (non-hydrogen) atoms. The fraction of sp³-hybridized carbons (Fsp3) is 0.478. The molecule has 0 spiro atoms. The standard InChI is InChI=1S/C23H30N6O2/c1-17-6-4-7-20(16-17)25-23(31)28-14-12-27(13-15-28)22(30)9-8-21-18(2)26-29(19(21)3)11-5-10-24/h4,6-7,16H,5,8-9,11-15H2,1-3H3,(H,25,31). The summed E-state index contributed by atoms with van der Waals surface area (Å²) in [6.07, 6.45) is 1.47. The smallest absolute Gasteiger partial charge is 0.321 e. The third-order valence-electron chi connectivity index (χ3n) is 5.74. The number of carbonyl (C=O) groups excluding carboxylic acids is 2. The lowest BCUT2D eigenvalue weighted by atomic mass is 10.1. The number of aryl methyl sites for hydroxylation is 3. The van der Waals surface area contributed by atoms with Crippen LogP contribution in [-0.4, -0.2) is 57.7 Å². The molecular formula is C23H30N6O2. The molecule has 0 aliphatic carbocycles. The van der Waals surface area contributed by atoms with Gasteiger partial charge in [0.15, 0.2) is 0 Å². The number of piperazine rings is 1. The summed E-state index contributed by atoms with van der Waals surface area (Å²) in [4.78, 5) is 28.8. The molecule has 164 valence electrons. The zero-order valence-electron chi connectivity index (χ0n) is 18.5. The van der Waals surface area contributed by atoms with E-state index in [9.17, 15) is 9.59 Å². The van der Waals surface area contributed by atoms with Crippen molar-refractivity contribution in [2.45, 2.75) is 46.6 Å². The molecule has 1 saturated heterocycles. The third-order valence-corrected chi connectivity index (χ3v) is 5.74. The van der Waals surface area contributed by atoms with Gasteiger partial charge in [0.25, 0.3) is 0 Å². The summed E-state index contributed by atoms with van der Waals surface area (Å²) >= 11 is 0. The van der Waals surface area contributed by atoms with Gasteiger partial charge in [0.1, 0.15) is 0 Å². The lowest BCUT2D eigenvalue weighted by molar-refractivity contribution is -0.132. The van der Waals surface area contributed by atoms with Gasteiger partial charge in [-0.25, -0.2) is 4.79 Å². The number of carbonyl (C=O) groups is 2. The highest BCUT2D eigenvalue weighted by Crippen LogP contribution is 2.17. The molecule has 2 heterocycles. The van der Waals surface area contributed by atoms with Crippen LogP contribution < -0.4 is 5.32 Å². The Morgan fingerprint density at radius 1 is 1.13 bits per heavy atom. The Morgan fingerprint density at radius 2 is 1.84 bits per heavy atom. The van der Waals surface area contributed by atoms with Crippen molar-refractivity contribution in [1.82, 2.24) is 19.6 Å². The van der Waals surface area contributed by atoms with Gasteiger partial charge in [0.2, 0.25) is 5.91 Å². The van der Waals surface area contributed by atoms with Crippen LogP contribution >= 0.6 is 0 Å². The number of urea groups is 1. The minimum atomic E-state index is -0.131. The Balaban J connectivity index is 1.48. The predicted octanol–water partition coefficient (Wildman–Crippen LogP) is 3.03. The van der Waals surface area contributed by atoms with Gasteiger partial charge in [-0.2, -0.15) is 10.4 Å². The number of hydrogen-bond donors (Lipinski definition) is 1. The lowest BCUT2D eigenvalue weighted by Crippen LogP contribution is -2.51. The average molecular weight is 423 g/mol. The Kier molecular flexibility index (Phi) is 7.29. The zero-order chi connectivity index (χ0) is 22.4. The lowest BCUT2D eigenvalue weighted by Gasteiger charge is -2.34.